The third-order valence-corrected chi connectivity index (χ3v) is 3.24. The van der Waals surface area contributed by atoms with Crippen molar-refractivity contribution in [2.24, 2.45) is 5.41 Å². The third-order valence-electron chi connectivity index (χ3n) is 2.11. The Bertz CT molecular complexity index is 274. The second-order valence-corrected chi connectivity index (χ2v) is 5.94. The highest BCUT2D eigenvalue weighted by Gasteiger charge is 2.32. The maximum absolute atomic E-state index is 11.4. The minimum Gasteiger partial charge on any atom is -0.464 e. The number of amides is 1. The molecule has 1 amide bonds. The molecule has 0 aromatic rings. The molecule has 0 saturated carbocycles. The van der Waals surface area contributed by atoms with Gasteiger partial charge >= 0.3 is 6.09 Å². The second-order valence-electron chi connectivity index (χ2n) is 4.87. The molecule has 0 aliphatic carbocycles. The molecule has 6 heteroatoms. The summed E-state index contributed by atoms with van der Waals surface area (Å²) in [6, 6.07) is 0. The molecular formula is C9H17NO4S. The summed E-state index contributed by atoms with van der Waals surface area (Å²) in [7, 11) is 0. The van der Waals surface area contributed by atoms with Gasteiger partial charge in [0, 0.05) is 6.54 Å². The summed E-state index contributed by atoms with van der Waals surface area (Å²) in [6.45, 7) is 6.50. The molecule has 1 N–H and O–H groups in total. The number of hydrogen-bond donors (Lipinski definition) is 1. The van der Waals surface area contributed by atoms with E-state index in [4.69, 9.17) is 9.29 Å². The van der Waals surface area contributed by atoms with Crippen LogP contribution in [0, 0.1) is 5.41 Å². The first-order valence-electron chi connectivity index (χ1n) is 4.89. The number of nitrogens with zero attached hydrogens (tertiary/aromatic N) is 1. The van der Waals surface area contributed by atoms with E-state index in [1.54, 1.807) is 0 Å². The maximum Gasteiger partial charge on any atom is 0.421 e. The number of carbonyl (C=O) groups is 1. The highest BCUT2D eigenvalue weighted by molar-refractivity contribution is 7.78. The summed E-state index contributed by atoms with van der Waals surface area (Å²) in [6.07, 6.45) is 0.0885. The third kappa shape index (κ3) is 3.79. The van der Waals surface area contributed by atoms with Crippen LogP contribution in [0.5, 0.6) is 0 Å². The molecule has 88 valence electrons. The van der Waals surface area contributed by atoms with Gasteiger partial charge in [-0.25, -0.2) is 13.3 Å². The lowest BCUT2D eigenvalue weighted by atomic mass is 9.88. The summed E-state index contributed by atoms with van der Waals surface area (Å²) >= 11 is -1.84. The van der Waals surface area contributed by atoms with Crippen molar-refractivity contribution in [2.75, 3.05) is 6.54 Å². The topological polar surface area (TPSA) is 66.8 Å². The second kappa shape index (κ2) is 4.49. The lowest BCUT2D eigenvalue weighted by molar-refractivity contribution is 0.104. The molecule has 0 spiro atoms. The van der Waals surface area contributed by atoms with Crippen LogP contribution in [-0.4, -0.2) is 32.4 Å². The van der Waals surface area contributed by atoms with Crippen LogP contribution in [0.3, 0.4) is 0 Å². The fourth-order valence-electron chi connectivity index (χ4n) is 1.53. The summed E-state index contributed by atoms with van der Waals surface area (Å²) in [4.78, 5) is 10.6. The Balaban J connectivity index is 2.51. The van der Waals surface area contributed by atoms with E-state index < -0.39 is 17.4 Å². The van der Waals surface area contributed by atoms with Crippen molar-refractivity contribution in [1.82, 2.24) is 4.31 Å². The van der Waals surface area contributed by atoms with Crippen LogP contribution in [0.1, 0.15) is 33.6 Å². The van der Waals surface area contributed by atoms with E-state index in [1.807, 2.05) is 0 Å². The molecule has 1 heterocycles. The first-order valence-corrected chi connectivity index (χ1v) is 5.92. The van der Waals surface area contributed by atoms with Gasteiger partial charge in [-0.15, -0.1) is 0 Å². The van der Waals surface area contributed by atoms with Crippen LogP contribution >= 0.6 is 0 Å². The highest BCUT2D eigenvalue weighted by atomic mass is 32.2. The normalized spacial score (nSPS) is 27.8. The van der Waals surface area contributed by atoms with Gasteiger partial charge in [-0.1, -0.05) is 20.8 Å². The van der Waals surface area contributed by atoms with Gasteiger partial charge in [-0.3, -0.25) is 4.18 Å². The Labute approximate surface area is 92.2 Å². The monoisotopic (exact) mass is 235 g/mol. The molecule has 1 aliphatic rings. The lowest BCUT2D eigenvalue weighted by Gasteiger charge is -2.31. The van der Waals surface area contributed by atoms with Crippen LogP contribution in [-0.2, 0) is 15.4 Å². The smallest absolute Gasteiger partial charge is 0.421 e. The molecule has 0 aromatic heterocycles. The molecule has 2 atom stereocenters. The number of rotatable bonds is 1. The zero-order valence-corrected chi connectivity index (χ0v) is 10.0. The van der Waals surface area contributed by atoms with Crippen molar-refractivity contribution in [3.8, 4) is 0 Å². The summed E-state index contributed by atoms with van der Waals surface area (Å²) in [5.41, 5.74) is 0.0975. The van der Waals surface area contributed by atoms with Crippen LogP contribution in [0.4, 0.5) is 4.79 Å². The summed E-state index contributed by atoms with van der Waals surface area (Å²) < 4.78 is 17.3. The predicted octanol–water partition coefficient (Wildman–Crippen LogP) is 1.77. The zero-order chi connectivity index (χ0) is 11.6. The standard InChI is InChI=1S/C9H17NO4S/c1-9(2,3)6-7-4-5-10(8(11)12)15(13)14-7/h7H,4-6H2,1-3H3,(H,11,12)/t7-,15?/m0/s1. The Morgan fingerprint density at radius 3 is 2.60 bits per heavy atom. The first-order chi connectivity index (χ1) is 6.79. The van der Waals surface area contributed by atoms with Crippen molar-refractivity contribution in [2.45, 2.75) is 39.7 Å². The van der Waals surface area contributed by atoms with Gasteiger partial charge in [0.05, 0.1) is 6.10 Å². The fraction of sp³-hybridized carbons (Fsp3) is 0.889. The van der Waals surface area contributed by atoms with Crippen LogP contribution in [0.2, 0.25) is 0 Å². The molecule has 5 nitrogen and oxygen atoms in total. The quantitative estimate of drug-likeness (QED) is 0.752. The highest BCUT2D eigenvalue weighted by Crippen LogP contribution is 2.27. The molecular weight excluding hydrogens is 218 g/mol. The largest absolute Gasteiger partial charge is 0.464 e. The van der Waals surface area contributed by atoms with Crippen molar-refractivity contribution in [3.63, 3.8) is 0 Å². The van der Waals surface area contributed by atoms with Crippen LogP contribution in [0.15, 0.2) is 0 Å². The van der Waals surface area contributed by atoms with Crippen LogP contribution in [0.25, 0.3) is 0 Å². The average Bonchev–Trinajstić information content (AvgIpc) is 1.99. The first kappa shape index (κ1) is 12.4. The Kier molecular flexibility index (Phi) is 3.72. The van der Waals surface area contributed by atoms with Crippen molar-refractivity contribution < 1.29 is 18.3 Å². The molecule has 0 aromatic carbocycles. The zero-order valence-electron chi connectivity index (χ0n) is 9.23. The van der Waals surface area contributed by atoms with Gasteiger partial charge in [0.2, 0.25) is 0 Å². The van der Waals surface area contributed by atoms with E-state index in [1.165, 1.54) is 0 Å². The van der Waals surface area contributed by atoms with E-state index >= 15 is 0 Å². The van der Waals surface area contributed by atoms with Gasteiger partial charge in [-0.2, -0.15) is 0 Å². The number of carboxylic acid groups (broad SMARTS) is 1. The van der Waals surface area contributed by atoms with Gasteiger partial charge in [0.25, 0.3) is 11.3 Å². The number of hydrogen-bond acceptors (Lipinski definition) is 3. The molecule has 0 bridgehead atoms. The molecule has 1 saturated heterocycles. The van der Waals surface area contributed by atoms with E-state index in [0.29, 0.717) is 6.42 Å². The van der Waals surface area contributed by atoms with E-state index in [2.05, 4.69) is 20.8 Å². The predicted molar refractivity (Wildman–Crippen MR) is 56.4 cm³/mol. The molecule has 1 aliphatic heterocycles. The fourth-order valence-corrected chi connectivity index (χ4v) is 2.41. The summed E-state index contributed by atoms with van der Waals surface area (Å²) in [5, 5.41) is 8.68. The summed E-state index contributed by atoms with van der Waals surface area (Å²) in [5.74, 6) is 0. The average molecular weight is 235 g/mol. The molecule has 1 unspecified atom stereocenters. The van der Waals surface area contributed by atoms with Crippen molar-refractivity contribution in [1.29, 1.82) is 0 Å². The molecule has 0 radical (unpaired) electrons. The maximum atomic E-state index is 11.4. The van der Waals surface area contributed by atoms with Gasteiger partial charge in [0.15, 0.2) is 0 Å². The Hall–Kier alpha value is -0.620. The van der Waals surface area contributed by atoms with Gasteiger partial charge in [0.1, 0.15) is 0 Å². The SMILES string of the molecule is CC(C)(C)C[C@@H]1CCN(C(=O)O)S(=O)O1. The van der Waals surface area contributed by atoms with Crippen LogP contribution < -0.4 is 0 Å². The Morgan fingerprint density at radius 1 is 1.60 bits per heavy atom. The van der Waals surface area contributed by atoms with E-state index in [-0.39, 0.29) is 18.1 Å². The Morgan fingerprint density at radius 2 is 2.20 bits per heavy atom. The van der Waals surface area contributed by atoms with Gasteiger partial charge in [-0.05, 0) is 18.3 Å². The van der Waals surface area contributed by atoms with Gasteiger partial charge < -0.3 is 5.11 Å². The lowest BCUT2D eigenvalue weighted by Crippen LogP contribution is -2.42. The minimum absolute atomic E-state index is 0.0975. The molecule has 1 fully saturated rings. The molecule has 15 heavy (non-hydrogen) atoms. The van der Waals surface area contributed by atoms with E-state index in [0.717, 1.165) is 10.7 Å². The molecule has 1 rings (SSSR count). The minimum atomic E-state index is -1.84. The van der Waals surface area contributed by atoms with Crippen molar-refractivity contribution >= 4 is 17.4 Å². The van der Waals surface area contributed by atoms with E-state index in [9.17, 15) is 9.00 Å². The van der Waals surface area contributed by atoms with Crippen molar-refractivity contribution in [3.05, 3.63) is 0 Å².